The van der Waals surface area contributed by atoms with Crippen LogP contribution in [-0.4, -0.2) is 28.1 Å². The van der Waals surface area contributed by atoms with E-state index in [4.69, 9.17) is 9.78 Å². The fourth-order valence-electron chi connectivity index (χ4n) is 0.762. The van der Waals surface area contributed by atoms with Gasteiger partial charge in [0.25, 0.3) is 0 Å². The van der Waals surface area contributed by atoms with E-state index < -0.39 is 0 Å². The highest BCUT2D eigenvalue weighted by atomic mass is 32.2. The molecule has 0 fully saturated rings. The molecule has 0 aliphatic heterocycles. The molecular formula is C7H9N5OS. The number of hydrogen-bond donors (Lipinski definition) is 1. The molecule has 1 N–H and O–H groups in total. The van der Waals surface area contributed by atoms with Gasteiger partial charge in [-0.05, 0) is 6.26 Å². The Bertz CT molecular complexity index is 328. The number of nitrogens with one attached hydrogen (secondary N) is 1. The number of hydrogen-bond acceptors (Lipinski definition) is 6. The van der Waals surface area contributed by atoms with Crippen molar-refractivity contribution in [2.24, 2.45) is 4.99 Å². The minimum absolute atomic E-state index is 0.521. The van der Waals surface area contributed by atoms with Gasteiger partial charge in [-0.3, -0.25) is 10.3 Å². The highest BCUT2D eigenvalue weighted by Gasteiger charge is 1.98. The smallest absolute Gasteiger partial charge is 0.228 e. The number of thioether (sulfide) groups is 1. The number of nitrogens with zero attached hydrogens (tertiary/aromatic N) is 4. The van der Waals surface area contributed by atoms with E-state index >= 15 is 0 Å². The Balaban J connectivity index is 2.35. The monoisotopic (exact) mass is 211 g/mol. The van der Waals surface area contributed by atoms with Crippen LogP contribution >= 0.6 is 11.8 Å². The summed E-state index contributed by atoms with van der Waals surface area (Å²) in [5.41, 5.74) is 0. The Morgan fingerprint density at radius 1 is 1.86 bits per heavy atom. The molecule has 14 heavy (non-hydrogen) atoms. The van der Waals surface area contributed by atoms with E-state index in [1.807, 2.05) is 12.4 Å². The Morgan fingerprint density at radius 2 is 2.71 bits per heavy atom. The Hall–Kier alpha value is -1.55. The zero-order valence-electron chi connectivity index (χ0n) is 7.60. The third kappa shape index (κ3) is 3.45. The molecule has 0 aliphatic rings. The summed E-state index contributed by atoms with van der Waals surface area (Å²) in [7, 11) is 0. The van der Waals surface area contributed by atoms with E-state index in [2.05, 4.69) is 20.4 Å². The molecule has 0 unspecified atom stereocenters. The zero-order valence-corrected chi connectivity index (χ0v) is 8.41. The Kier molecular flexibility index (Phi) is 4.50. The van der Waals surface area contributed by atoms with Crippen molar-refractivity contribution in [2.45, 2.75) is 6.42 Å². The van der Waals surface area contributed by atoms with E-state index in [9.17, 15) is 0 Å². The van der Waals surface area contributed by atoms with Gasteiger partial charge < -0.3 is 4.52 Å². The van der Waals surface area contributed by atoms with E-state index in [0.29, 0.717) is 24.0 Å². The first-order chi connectivity index (χ1) is 6.86. The maximum atomic E-state index is 8.35. The second-order valence-corrected chi connectivity index (χ2v) is 3.01. The number of rotatable bonds is 3. The first-order valence-corrected chi connectivity index (χ1v) is 5.08. The molecule has 1 heterocycles. The number of amidine groups is 1. The number of aliphatic imine (C=N–C) groups is 1. The second-order valence-electron chi connectivity index (χ2n) is 2.21. The number of aromatic nitrogens is 2. The summed E-state index contributed by atoms with van der Waals surface area (Å²) in [6, 6.07) is 0. The predicted octanol–water partition coefficient (Wildman–Crippen LogP) is 0.402. The van der Waals surface area contributed by atoms with Crippen molar-refractivity contribution in [3.8, 4) is 6.19 Å². The molecule has 0 radical (unpaired) electrons. The second kappa shape index (κ2) is 5.99. The third-order valence-electron chi connectivity index (χ3n) is 1.34. The summed E-state index contributed by atoms with van der Waals surface area (Å²) in [5.74, 6) is 0.547. The van der Waals surface area contributed by atoms with Gasteiger partial charge in [-0.25, -0.2) is 0 Å². The van der Waals surface area contributed by atoms with Crippen LogP contribution < -0.4 is 5.32 Å². The standard InChI is InChI=1S/C7H9N5OS/c1-14-7(10-4-8)9-3-2-6-11-5-12-13-6/h5H,2-3H2,1H3,(H,9,10). The first kappa shape index (κ1) is 10.5. The summed E-state index contributed by atoms with van der Waals surface area (Å²) < 4.78 is 4.79. The van der Waals surface area contributed by atoms with Crippen molar-refractivity contribution in [1.82, 2.24) is 15.5 Å². The minimum Gasteiger partial charge on any atom is -0.340 e. The fourth-order valence-corrected chi connectivity index (χ4v) is 1.13. The molecule has 1 aromatic heterocycles. The zero-order chi connectivity index (χ0) is 10.2. The van der Waals surface area contributed by atoms with E-state index in [0.717, 1.165) is 0 Å². The van der Waals surface area contributed by atoms with Crippen LogP contribution in [-0.2, 0) is 6.42 Å². The average Bonchev–Trinajstić information content (AvgIpc) is 2.69. The summed E-state index contributed by atoms with van der Waals surface area (Å²) >= 11 is 1.38. The molecule has 0 atom stereocenters. The van der Waals surface area contributed by atoms with E-state index in [1.165, 1.54) is 18.1 Å². The maximum absolute atomic E-state index is 8.35. The summed E-state index contributed by atoms with van der Waals surface area (Å²) in [6.07, 6.45) is 5.58. The van der Waals surface area contributed by atoms with Crippen LogP contribution in [0.5, 0.6) is 0 Å². The molecule has 0 saturated heterocycles. The van der Waals surface area contributed by atoms with Gasteiger partial charge in [0, 0.05) is 6.42 Å². The van der Waals surface area contributed by atoms with Crippen LogP contribution in [0.1, 0.15) is 5.89 Å². The molecule has 1 rings (SSSR count). The van der Waals surface area contributed by atoms with Gasteiger partial charge >= 0.3 is 0 Å². The quantitative estimate of drug-likeness (QED) is 0.337. The van der Waals surface area contributed by atoms with Gasteiger partial charge in [0.2, 0.25) is 5.89 Å². The molecule has 0 amide bonds. The molecule has 0 saturated carbocycles. The van der Waals surface area contributed by atoms with Crippen molar-refractivity contribution in [2.75, 3.05) is 12.8 Å². The normalized spacial score (nSPS) is 11.0. The molecule has 74 valence electrons. The van der Waals surface area contributed by atoms with Gasteiger partial charge in [0.15, 0.2) is 17.7 Å². The van der Waals surface area contributed by atoms with Crippen LogP contribution in [0.15, 0.2) is 15.8 Å². The van der Waals surface area contributed by atoms with Crippen LogP contribution in [0.4, 0.5) is 0 Å². The molecule has 0 spiro atoms. The minimum atomic E-state index is 0.521. The van der Waals surface area contributed by atoms with Crippen molar-refractivity contribution >= 4 is 16.9 Å². The van der Waals surface area contributed by atoms with Gasteiger partial charge in [0.05, 0.1) is 6.54 Å². The highest BCUT2D eigenvalue weighted by molar-refractivity contribution is 8.13. The molecule has 7 heteroatoms. The molecule has 1 aromatic rings. The van der Waals surface area contributed by atoms with Crippen LogP contribution in [0.2, 0.25) is 0 Å². The van der Waals surface area contributed by atoms with Crippen molar-refractivity contribution in [3.63, 3.8) is 0 Å². The Labute approximate surface area is 85.4 Å². The van der Waals surface area contributed by atoms with Gasteiger partial charge in [-0.2, -0.15) is 10.2 Å². The highest BCUT2D eigenvalue weighted by Crippen LogP contribution is 1.97. The topological polar surface area (TPSA) is 87.1 Å². The predicted molar refractivity (Wildman–Crippen MR) is 52.6 cm³/mol. The lowest BCUT2D eigenvalue weighted by Crippen LogP contribution is -2.13. The van der Waals surface area contributed by atoms with E-state index in [1.54, 1.807) is 0 Å². The average molecular weight is 211 g/mol. The SMILES string of the molecule is CSC(=NCCc1ncno1)NC#N. The molecular weight excluding hydrogens is 202 g/mol. The van der Waals surface area contributed by atoms with Crippen molar-refractivity contribution in [3.05, 3.63) is 12.2 Å². The summed E-state index contributed by atoms with van der Waals surface area (Å²) in [6.45, 7) is 0.521. The van der Waals surface area contributed by atoms with Gasteiger partial charge in [-0.15, -0.1) is 0 Å². The van der Waals surface area contributed by atoms with Gasteiger partial charge in [0.1, 0.15) is 0 Å². The first-order valence-electron chi connectivity index (χ1n) is 3.86. The van der Waals surface area contributed by atoms with Crippen molar-refractivity contribution in [1.29, 1.82) is 5.26 Å². The van der Waals surface area contributed by atoms with Crippen molar-refractivity contribution < 1.29 is 4.52 Å². The van der Waals surface area contributed by atoms with Crippen LogP contribution in [0, 0.1) is 11.5 Å². The number of nitriles is 1. The van der Waals surface area contributed by atoms with E-state index in [-0.39, 0.29) is 0 Å². The lowest BCUT2D eigenvalue weighted by atomic mass is 10.4. The van der Waals surface area contributed by atoms with Crippen LogP contribution in [0.3, 0.4) is 0 Å². The third-order valence-corrected chi connectivity index (χ3v) is 1.96. The lowest BCUT2D eigenvalue weighted by Gasteiger charge is -1.97. The summed E-state index contributed by atoms with van der Waals surface area (Å²) in [5, 5.41) is 14.9. The largest absolute Gasteiger partial charge is 0.340 e. The Morgan fingerprint density at radius 3 is 3.29 bits per heavy atom. The maximum Gasteiger partial charge on any atom is 0.228 e. The molecule has 0 aliphatic carbocycles. The lowest BCUT2D eigenvalue weighted by molar-refractivity contribution is 0.379. The fraction of sp³-hybridized carbons (Fsp3) is 0.429. The molecule has 6 nitrogen and oxygen atoms in total. The molecule has 0 bridgehead atoms. The van der Waals surface area contributed by atoms with Gasteiger partial charge in [-0.1, -0.05) is 16.9 Å². The van der Waals surface area contributed by atoms with Crippen LogP contribution in [0.25, 0.3) is 0 Å². The molecule has 0 aromatic carbocycles. The summed E-state index contributed by atoms with van der Waals surface area (Å²) in [4.78, 5) is 7.97.